The van der Waals surface area contributed by atoms with Crippen LogP contribution in [-0.2, 0) is 16.1 Å². The van der Waals surface area contributed by atoms with Crippen molar-refractivity contribution in [2.45, 2.75) is 33.2 Å². The van der Waals surface area contributed by atoms with Crippen LogP contribution in [0, 0.1) is 12.8 Å². The number of nitrogens with zero attached hydrogens (tertiary/aromatic N) is 2. The lowest BCUT2D eigenvalue weighted by Crippen LogP contribution is -2.41. The number of hydrogen-bond acceptors (Lipinski definition) is 5. The fraction of sp³-hybridized carbons (Fsp3) is 0.417. The lowest BCUT2D eigenvalue weighted by molar-refractivity contribution is -0.149. The van der Waals surface area contributed by atoms with E-state index in [9.17, 15) is 9.59 Å². The van der Waals surface area contributed by atoms with Crippen molar-refractivity contribution >= 4 is 33.4 Å². The van der Waals surface area contributed by atoms with Gasteiger partial charge in [0.05, 0.1) is 29.9 Å². The molecule has 0 saturated carbocycles. The summed E-state index contributed by atoms with van der Waals surface area (Å²) in [6, 6.07) is 12.1. The quantitative estimate of drug-likeness (QED) is 0.530. The average Bonchev–Trinajstić information content (AvgIpc) is 3.30. The smallest absolute Gasteiger partial charge is 0.309 e. The Hall–Kier alpha value is -2.80. The number of piperidine rings is 1. The van der Waals surface area contributed by atoms with Crippen LogP contribution in [-0.4, -0.2) is 48.1 Å². The Bertz CT molecular complexity index is 1090. The number of methoxy groups -OCH3 is 1. The normalized spacial score (nSPS) is 14.7. The number of benzene rings is 1. The van der Waals surface area contributed by atoms with Crippen LogP contribution in [0.25, 0.3) is 10.2 Å². The Balaban J connectivity index is 1.58. The van der Waals surface area contributed by atoms with Gasteiger partial charge in [-0.15, -0.1) is 11.3 Å². The highest BCUT2D eigenvalue weighted by atomic mass is 32.1. The molecule has 1 fully saturated rings. The number of aryl methyl sites for hydroxylation is 1. The van der Waals surface area contributed by atoms with Crippen molar-refractivity contribution in [2.75, 3.05) is 26.8 Å². The Kier molecular flexibility index (Phi) is 6.32. The van der Waals surface area contributed by atoms with Crippen LogP contribution in [0.5, 0.6) is 5.75 Å². The van der Waals surface area contributed by atoms with Gasteiger partial charge in [0, 0.05) is 24.5 Å². The van der Waals surface area contributed by atoms with E-state index in [1.165, 1.54) is 4.88 Å². The molecule has 1 aliphatic heterocycles. The van der Waals surface area contributed by atoms with Crippen molar-refractivity contribution in [3.05, 3.63) is 52.5 Å². The van der Waals surface area contributed by atoms with E-state index in [2.05, 4.69) is 17.6 Å². The molecule has 1 saturated heterocycles. The third-order valence-corrected chi connectivity index (χ3v) is 6.80. The Labute approximate surface area is 186 Å². The number of ether oxygens (including phenoxy) is 2. The predicted molar refractivity (Wildman–Crippen MR) is 122 cm³/mol. The highest BCUT2D eigenvalue weighted by Gasteiger charge is 2.30. The summed E-state index contributed by atoms with van der Waals surface area (Å²) in [6.45, 7) is 6.03. The van der Waals surface area contributed by atoms with E-state index in [1.54, 1.807) is 18.4 Å². The topological polar surface area (TPSA) is 60.8 Å². The number of likely N-dealkylation sites (tertiary alicyclic amines) is 1. The van der Waals surface area contributed by atoms with E-state index >= 15 is 0 Å². The second-order valence-corrected chi connectivity index (χ2v) is 9.18. The van der Waals surface area contributed by atoms with Gasteiger partial charge in [-0.05, 0) is 56.5 Å². The lowest BCUT2D eigenvalue weighted by atomic mass is 9.97. The zero-order valence-corrected chi connectivity index (χ0v) is 19.0. The van der Waals surface area contributed by atoms with Gasteiger partial charge < -0.3 is 18.9 Å². The molecule has 4 rings (SSSR count). The molecule has 164 valence electrons. The summed E-state index contributed by atoms with van der Waals surface area (Å²) >= 11 is 1.70. The summed E-state index contributed by atoms with van der Waals surface area (Å²) in [7, 11) is 1.66. The molecule has 1 amide bonds. The highest BCUT2D eigenvalue weighted by molar-refractivity contribution is 7.19. The maximum absolute atomic E-state index is 13.5. The van der Waals surface area contributed by atoms with Crippen molar-refractivity contribution in [3.63, 3.8) is 0 Å². The maximum atomic E-state index is 13.5. The molecule has 0 aliphatic carbocycles. The maximum Gasteiger partial charge on any atom is 0.309 e. The Morgan fingerprint density at radius 3 is 2.65 bits per heavy atom. The molecule has 3 heterocycles. The largest absolute Gasteiger partial charge is 0.497 e. The number of esters is 1. The molecule has 0 unspecified atom stereocenters. The number of hydrogen-bond donors (Lipinski definition) is 0. The number of thiophene rings is 1. The molecule has 2 aromatic heterocycles. The average molecular weight is 441 g/mol. The van der Waals surface area contributed by atoms with Gasteiger partial charge in [-0.1, -0.05) is 12.1 Å². The van der Waals surface area contributed by atoms with Crippen LogP contribution in [0.15, 0.2) is 36.4 Å². The number of carbonyl (C=O) groups excluding carboxylic acids is 2. The number of rotatable bonds is 6. The van der Waals surface area contributed by atoms with Crippen LogP contribution in [0.3, 0.4) is 0 Å². The summed E-state index contributed by atoms with van der Waals surface area (Å²) in [5.41, 5.74) is 2.85. The Morgan fingerprint density at radius 1 is 1.16 bits per heavy atom. The monoisotopic (exact) mass is 440 g/mol. The van der Waals surface area contributed by atoms with Gasteiger partial charge in [0.15, 0.2) is 0 Å². The van der Waals surface area contributed by atoms with E-state index in [0.29, 0.717) is 44.8 Å². The fourth-order valence-electron chi connectivity index (χ4n) is 4.21. The predicted octanol–water partition coefficient (Wildman–Crippen LogP) is 4.48. The molecule has 0 spiro atoms. The fourth-order valence-corrected chi connectivity index (χ4v) is 5.17. The molecule has 0 bridgehead atoms. The number of carbonyl (C=O) groups is 2. The minimum atomic E-state index is -0.146. The molecule has 7 heteroatoms. The number of amides is 1. The summed E-state index contributed by atoms with van der Waals surface area (Å²) in [5, 5.41) is 0. The van der Waals surface area contributed by atoms with E-state index in [4.69, 9.17) is 9.47 Å². The number of aromatic nitrogens is 1. The molecular formula is C24H28N2O4S. The van der Waals surface area contributed by atoms with Crippen molar-refractivity contribution in [2.24, 2.45) is 5.92 Å². The third-order valence-electron chi connectivity index (χ3n) is 5.81. The van der Waals surface area contributed by atoms with Gasteiger partial charge in [-0.3, -0.25) is 9.59 Å². The van der Waals surface area contributed by atoms with Gasteiger partial charge in [0.25, 0.3) is 5.91 Å². The summed E-state index contributed by atoms with van der Waals surface area (Å²) in [5.74, 6) is 0.563. The second-order valence-electron chi connectivity index (χ2n) is 7.89. The minimum Gasteiger partial charge on any atom is -0.497 e. The van der Waals surface area contributed by atoms with E-state index < -0.39 is 0 Å². The first-order chi connectivity index (χ1) is 15.0. The van der Waals surface area contributed by atoms with Crippen LogP contribution in [0.4, 0.5) is 0 Å². The molecule has 31 heavy (non-hydrogen) atoms. The first-order valence-corrected chi connectivity index (χ1v) is 11.5. The van der Waals surface area contributed by atoms with Gasteiger partial charge in [0.1, 0.15) is 11.4 Å². The van der Waals surface area contributed by atoms with E-state index in [1.807, 2.05) is 42.2 Å². The van der Waals surface area contributed by atoms with Crippen molar-refractivity contribution < 1.29 is 19.1 Å². The molecule has 6 nitrogen and oxygen atoms in total. The van der Waals surface area contributed by atoms with Gasteiger partial charge in [0.2, 0.25) is 0 Å². The van der Waals surface area contributed by atoms with Gasteiger partial charge in [-0.2, -0.15) is 0 Å². The van der Waals surface area contributed by atoms with Crippen molar-refractivity contribution in [1.82, 2.24) is 9.47 Å². The molecular weight excluding hydrogens is 412 g/mol. The summed E-state index contributed by atoms with van der Waals surface area (Å²) < 4.78 is 13.7. The number of fused-ring (bicyclic) bond motifs is 1. The SMILES string of the molecule is CCOC(=O)C1CCN(C(=O)c2cc3sc(C)cc3n2Cc2cccc(OC)c2)CC1. The van der Waals surface area contributed by atoms with Gasteiger partial charge in [-0.25, -0.2) is 0 Å². The van der Waals surface area contributed by atoms with E-state index in [0.717, 1.165) is 21.5 Å². The first-order valence-electron chi connectivity index (χ1n) is 10.7. The minimum absolute atomic E-state index is 0.0197. The molecule has 1 aromatic carbocycles. The van der Waals surface area contributed by atoms with Crippen LogP contribution in [0.2, 0.25) is 0 Å². The molecule has 1 aliphatic rings. The van der Waals surface area contributed by atoms with Crippen molar-refractivity contribution in [3.8, 4) is 5.75 Å². The Morgan fingerprint density at radius 2 is 1.94 bits per heavy atom. The summed E-state index contributed by atoms with van der Waals surface area (Å²) in [6.07, 6.45) is 1.29. The van der Waals surface area contributed by atoms with Crippen LogP contribution < -0.4 is 4.74 Å². The van der Waals surface area contributed by atoms with E-state index in [-0.39, 0.29) is 17.8 Å². The second kappa shape index (κ2) is 9.14. The standard InChI is InChI=1S/C24H28N2O4S/c1-4-30-24(28)18-8-10-25(11-9-18)23(27)21-14-22-20(12-16(2)31-22)26(21)15-17-6-5-7-19(13-17)29-3/h5-7,12-14,18H,4,8-11,15H2,1-3H3. The van der Waals surface area contributed by atoms with Crippen LogP contribution in [0.1, 0.15) is 40.7 Å². The molecule has 0 radical (unpaired) electrons. The lowest BCUT2D eigenvalue weighted by Gasteiger charge is -2.31. The van der Waals surface area contributed by atoms with Crippen LogP contribution >= 0.6 is 11.3 Å². The highest BCUT2D eigenvalue weighted by Crippen LogP contribution is 2.31. The van der Waals surface area contributed by atoms with Crippen molar-refractivity contribution in [1.29, 1.82) is 0 Å². The summed E-state index contributed by atoms with van der Waals surface area (Å²) in [4.78, 5) is 28.6. The molecule has 0 atom stereocenters. The molecule has 3 aromatic rings. The van der Waals surface area contributed by atoms with Gasteiger partial charge >= 0.3 is 5.97 Å². The molecule has 0 N–H and O–H groups in total. The zero-order chi connectivity index (χ0) is 22.0. The first kappa shape index (κ1) is 21.4. The third kappa shape index (κ3) is 4.46. The zero-order valence-electron chi connectivity index (χ0n) is 18.2.